The maximum atomic E-state index is 5.92. The van der Waals surface area contributed by atoms with Gasteiger partial charge in [-0.25, -0.2) is 0 Å². The molecular weight excluding hydrogens is 322 g/mol. The van der Waals surface area contributed by atoms with Crippen LogP contribution in [0.2, 0.25) is 5.02 Å². The van der Waals surface area contributed by atoms with Gasteiger partial charge in [0.05, 0.1) is 0 Å². The van der Waals surface area contributed by atoms with E-state index in [0.717, 1.165) is 22.3 Å². The van der Waals surface area contributed by atoms with E-state index in [1.54, 1.807) is 0 Å². The van der Waals surface area contributed by atoms with Crippen LogP contribution in [0.15, 0.2) is 53.0 Å². The second-order valence-corrected chi connectivity index (χ2v) is 6.01. The topological polar surface area (TPSA) is 26.0 Å². The van der Waals surface area contributed by atoms with E-state index in [4.69, 9.17) is 17.3 Å². The monoisotopic (exact) mass is 337 g/mol. The summed E-state index contributed by atoms with van der Waals surface area (Å²) in [5.41, 5.74) is 8.37. The summed E-state index contributed by atoms with van der Waals surface area (Å²) in [6.07, 6.45) is 1.98. The Morgan fingerprint density at radius 2 is 1.84 bits per heavy atom. The molecule has 2 aromatic rings. The van der Waals surface area contributed by atoms with Gasteiger partial charge in [-0.3, -0.25) is 0 Å². The van der Waals surface area contributed by atoms with Crippen molar-refractivity contribution in [2.24, 2.45) is 5.73 Å². The van der Waals surface area contributed by atoms with E-state index >= 15 is 0 Å². The Labute approximate surface area is 127 Å². The first kappa shape index (κ1) is 14.6. The summed E-state index contributed by atoms with van der Waals surface area (Å²) in [6, 6.07) is 16.5. The summed E-state index contributed by atoms with van der Waals surface area (Å²) in [7, 11) is 0. The zero-order valence-electron chi connectivity index (χ0n) is 10.7. The van der Waals surface area contributed by atoms with Gasteiger partial charge in [0, 0.05) is 9.50 Å². The molecule has 0 fully saturated rings. The van der Waals surface area contributed by atoms with E-state index in [2.05, 4.69) is 46.3 Å². The molecule has 2 N–H and O–H groups in total. The van der Waals surface area contributed by atoms with Crippen molar-refractivity contribution < 1.29 is 0 Å². The molecule has 1 atom stereocenters. The minimum Gasteiger partial charge on any atom is -0.330 e. The average molecular weight is 339 g/mol. The number of halogens is 2. The van der Waals surface area contributed by atoms with E-state index in [-0.39, 0.29) is 0 Å². The first-order valence-corrected chi connectivity index (χ1v) is 7.56. The molecule has 0 amide bonds. The van der Waals surface area contributed by atoms with Crippen molar-refractivity contribution in [3.05, 3.63) is 69.2 Å². The first-order chi connectivity index (χ1) is 9.19. The van der Waals surface area contributed by atoms with Crippen molar-refractivity contribution in [1.82, 2.24) is 0 Å². The third-order valence-corrected chi connectivity index (χ3v) is 3.98. The first-order valence-electron chi connectivity index (χ1n) is 6.39. The molecule has 0 heterocycles. The number of hydrogen-bond acceptors (Lipinski definition) is 1. The molecule has 0 bridgehead atoms. The summed E-state index contributed by atoms with van der Waals surface area (Å²) in [5, 5.41) is 0.779. The number of nitrogens with two attached hydrogens (primary N) is 1. The second-order valence-electron chi connectivity index (χ2n) is 4.66. The molecule has 2 aromatic carbocycles. The summed E-state index contributed by atoms with van der Waals surface area (Å²) < 4.78 is 1.11. The normalized spacial score (nSPS) is 12.4. The van der Waals surface area contributed by atoms with Crippen LogP contribution in [0.4, 0.5) is 0 Å². The van der Waals surface area contributed by atoms with Crippen molar-refractivity contribution in [3.63, 3.8) is 0 Å². The van der Waals surface area contributed by atoms with Gasteiger partial charge in [-0.05, 0) is 60.7 Å². The number of benzene rings is 2. The van der Waals surface area contributed by atoms with Crippen LogP contribution in [0.1, 0.15) is 23.5 Å². The van der Waals surface area contributed by atoms with Gasteiger partial charge in [0.25, 0.3) is 0 Å². The van der Waals surface area contributed by atoms with Crippen LogP contribution in [0.25, 0.3) is 0 Å². The quantitative estimate of drug-likeness (QED) is 0.834. The van der Waals surface area contributed by atoms with Gasteiger partial charge in [0.2, 0.25) is 0 Å². The smallest absolute Gasteiger partial charge is 0.0406 e. The highest BCUT2D eigenvalue weighted by Crippen LogP contribution is 2.26. The fourth-order valence-corrected chi connectivity index (χ4v) is 2.80. The van der Waals surface area contributed by atoms with Crippen LogP contribution >= 0.6 is 27.5 Å². The lowest BCUT2D eigenvalue weighted by Crippen LogP contribution is -2.10. The van der Waals surface area contributed by atoms with Gasteiger partial charge in [0.15, 0.2) is 0 Å². The SMILES string of the molecule is NCCC(Cc1ccc(Cl)cc1)c1cccc(Br)c1. The Morgan fingerprint density at radius 3 is 2.47 bits per heavy atom. The van der Waals surface area contributed by atoms with Crippen LogP contribution in [-0.4, -0.2) is 6.54 Å². The van der Waals surface area contributed by atoms with Gasteiger partial charge in [0.1, 0.15) is 0 Å². The lowest BCUT2D eigenvalue weighted by Gasteiger charge is -2.17. The van der Waals surface area contributed by atoms with Gasteiger partial charge >= 0.3 is 0 Å². The molecule has 0 aromatic heterocycles. The van der Waals surface area contributed by atoms with Crippen LogP contribution in [0.5, 0.6) is 0 Å². The summed E-state index contributed by atoms with van der Waals surface area (Å²) in [6.45, 7) is 0.699. The van der Waals surface area contributed by atoms with Gasteiger partial charge in [-0.15, -0.1) is 0 Å². The van der Waals surface area contributed by atoms with Gasteiger partial charge in [-0.1, -0.05) is 51.8 Å². The Bertz CT molecular complexity index is 525. The standard InChI is InChI=1S/C16H17BrClN/c17-15-3-1-2-13(11-15)14(8-9-19)10-12-4-6-16(18)7-5-12/h1-7,11,14H,8-10,19H2. The summed E-state index contributed by atoms with van der Waals surface area (Å²) in [4.78, 5) is 0. The minimum absolute atomic E-state index is 0.448. The van der Waals surface area contributed by atoms with Crippen LogP contribution in [0.3, 0.4) is 0 Å². The number of hydrogen-bond donors (Lipinski definition) is 1. The maximum absolute atomic E-state index is 5.92. The summed E-state index contributed by atoms with van der Waals surface area (Å²) >= 11 is 9.45. The van der Waals surface area contributed by atoms with Crippen molar-refractivity contribution in [3.8, 4) is 0 Å². The lowest BCUT2D eigenvalue weighted by molar-refractivity contribution is 0.630. The Hall–Kier alpha value is -0.830. The van der Waals surface area contributed by atoms with E-state index in [1.807, 2.05) is 18.2 Å². The molecule has 1 nitrogen and oxygen atoms in total. The molecule has 0 aliphatic heterocycles. The zero-order valence-corrected chi connectivity index (χ0v) is 13.0. The van der Waals surface area contributed by atoms with Gasteiger partial charge in [-0.2, -0.15) is 0 Å². The molecule has 1 unspecified atom stereocenters. The molecule has 2 rings (SSSR count). The molecule has 100 valence electrons. The van der Waals surface area contributed by atoms with E-state index in [9.17, 15) is 0 Å². The molecule has 0 spiro atoms. The molecule has 0 aliphatic rings. The fourth-order valence-electron chi connectivity index (χ4n) is 2.25. The second kappa shape index (κ2) is 7.09. The van der Waals surface area contributed by atoms with E-state index < -0.39 is 0 Å². The van der Waals surface area contributed by atoms with Crippen molar-refractivity contribution >= 4 is 27.5 Å². The molecule has 0 radical (unpaired) electrons. The lowest BCUT2D eigenvalue weighted by atomic mass is 9.89. The molecule has 3 heteroatoms. The molecule has 0 aliphatic carbocycles. The van der Waals surface area contributed by atoms with Crippen molar-refractivity contribution in [2.75, 3.05) is 6.54 Å². The molecule has 0 saturated carbocycles. The largest absolute Gasteiger partial charge is 0.330 e. The highest BCUT2D eigenvalue weighted by Gasteiger charge is 2.12. The predicted octanol–water partition coefficient (Wildman–Crippen LogP) is 4.78. The third kappa shape index (κ3) is 4.34. The highest BCUT2D eigenvalue weighted by atomic mass is 79.9. The summed E-state index contributed by atoms with van der Waals surface area (Å²) in [5.74, 6) is 0.448. The van der Waals surface area contributed by atoms with Crippen molar-refractivity contribution in [2.45, 2.75) is 18.8 Å². The van der Waals surface area contributed by atoms with Crippen LogP contribution < -0.4 is 5.73 Å². The fraction of sp³-hybridized carbons (Fsp3) is 0.250. The van der Waals surface area contributed by atoms with E-state index in [1.165, 1.54) is 11.1 Å². The minimum atomic E-state index is 0.448. The van der Waals surface area contributed by atoms with Crippen LogP contribution in [-0.2, 0) is 6.42 Å². The zero-order chi connectivity index (χ0) is 13.7. The van der Waals surface area contributed by atoms with Crippen LogP contribution in [0, 0.1) is 0 Å². The molecule has 19 heavy (non-hydrogen) atoms. The third-order valence-electron chi connectivity index (χ3n) is 3.23. The van der Waals surface area contributed by atoms with Crippen molar-refractivity contribution in [1.29, 1.82) is 0 Å². The Morgan fingerprint density at radius 1 is 1.11 bits per heavy atom. The Kier molecular flexibility index (Phi) is 5.44. The Balaban J connectivity index is 2.18. The average Bonchev–Trinajstić information content (AvgIpc) is 2.41. The maximum Gasteiger partial charge on any atom is 0.0406 e. The number of rotatable bonds is 5. The highest BCUT2D eigenvalue weighted by molar-refractivity contribution is 9.10. The molecule has 0 saturated heterocycles. The predicted molar refractivity (Wildman–Crippen MR) is 85.7 cm³/mol. The van der Waals surface area contributed by atoms with E-state index in [0.29, 0.717) is 12.5 Å². The van der Waals surface area contributed by atoms with Gasteiger partial charge < -0.3 is 5.73 Å². The molecular formula is C16H17BrClN.